The van der Waals surface area contributed by atoms with E-state index in [1.54, 1.807) is 0 Å². The van der Waals surface area contributed by atoms with E-state index in [1.165, 1.54) is 5.56 Å². The zero-order chi connectivity index (χ0) is 15.1. The lowest BCUT2D eigenvalue weighted by Crippen LogP contribution is -2.27. The molecule has 2 rings (SSSR count). The molecule has 0 atom stereocenters. The monoisotopic (exact) mass is 299 g/mol. The van der Waals surface area contributed by atoms with E-state index in [2.05, 4.69) is 16.0 Å². The van der Waals surface area contributed by atoms with E-state index >= 15 is 0 Å². The average Bonchev–Trinajstić information content (AvgIpc) is 2.49. The van der Waals surface area contributed by atoms with Gasteiger partial charge in [-0.05, 0) is 48.5 Å². The number of nitrogens with one attached hydrogen (secondary N) is 3. The van der Waals surface area contributed by atoms with Crippen molar-refractivity contribution in [2.24, 2.45) is 0 Å². The van der Waals surface area contributed by atoms with Crippen molar-refractivity contribution in [1.82, 2.24) is 5.32 Å². The molecule has 0 radical (unpaired) electrons. The van der Waals surface area contributed by atoms with E-state index in [4.69, 9.17) is 12.2 Å². The molecule has 0 bridgehead atoms. The minimum Gasteiger partial charge on any atom is -0.358 e. The fraction of sp³-hybridized carbons (Fsp3) is 0.125. The topological polar surface area (TPSA) is 53.2 Å². The van der Waals surface area contributed by atoms with E-state index in [9.17, 15) is 4.79 Å². The van der Waals surface area contributed by atoms with Gasteiger partial charge in [-0.3, -0.25) is 4.79 Å². The molecule has 0 saturated heterocycles. The van der Waals surface area contributed by atoms with Gasteiger partial charge in [0.1, 0.15) is 0 Å². The van der Waals surface area contributed by atoms with Crippen LogP contribution in [0.2, 0.25) is 0 Å². The minimum absolute atomic E-state index is 0.564. The molecule has 21 heavy (non-hydrogen) atoms. The summed E-state index contributed by atoms with van der Waals surface area (Å²) >= 11 is 5.27. The van der Waals surface area contributed by atoms with Crippen LogP contribution in [0.15, 0.2) is 48.5 Å². The molecule has 1 amide bonds. The Hall–Kier alpha value is -2.40. The van der Waals surface area contributed by atoms with Crippen molar-refractivity contribution in [3.8, 4) is 0 Å². The SMILES string of the molecule is Cc1cc(NC(=S)NCc2ccccc2)ccc1NC=O. The number of rotatable bonds is 5. The van der Waals surface area contributed by atoms with E-state index < -0.39 is 0 Å². The summed E-state index contributed by atoms with van der Waals surface area (Å²) < 4.78 is 0. The lowest BCUT2D eigenvalue weighted by molar-refractivity contribution is -0.105. The van der Waals surface area contributed by atoms with Crippen LogP contribution in [0, 0.1) is 6.92 Å². The molecule has 3 N–H and O–H groups in total. The van der Waals surface area contributed by atoms with E-state index in [1.807, 2.05) is 55.5 Å². The van der Waals surface area contributed by atoms with Crippen molar-refractivity contribution in [1.29, 1.82) is 0 Å². The van der Waals surface area contributed by atoms with Crippen LogP contribution >= 0.6 is 12.2 Å². The van der Waals surface area contributed by atoms with Gasteiger partial charge < -0.3 is 16.0 Å². The number of anilines is 2. The Kier molecular flexibility index (Phi) is 5.29. The van der Waals surface area contributed by atoms with Gasteiger partial charge >= 0.3 is 0 Å². The van der Waals surface area contributed by atoms with Gasteiger partial charge in [0.2, 0.25) is 6.41 Å². The van der Waals surface area contributed by atoms with Gasteiger partial charge in [0, 0.05) is 17.9 Å². The van der Waals surface area contributed by atoms with Crippen molar-refractivity contribution in [3.05, 3.63) is 59.7 Å². The van der Waals surface area contributed by atoms with E-state index in [-0.39, 0.29) is 0 Å². The van der Waals surface area contributed by atoms with Gasteiger partial charge in [-0.1, -0.05) is 30.3 Å². The summed E-state index contributed by atoms with van der Waals surface area (Å²) in [5.74, 6) is 0. The summed E-state index contributed by atoms with van der Waals surface area (Å²) in [6.45, 7) is 2.61. The molecule has 0 heterocycles. The van der Waals surface area contributed by atoms with Crippen LogP contribution in [-0.4, -0.2) is 11.5 Å². The highest BCUT2D eigenvalue weighted by molar-refractivity contribution is 7.80. The lowest BCUT2D eigenvalue weighted by atomic mass is 10.2. The summed E-state index contributed by atoms with van der Waals surface area (Å²) in [4.78, 5) is 10.5. The van der Waals surface area contributed by atoms with Crippen LogP contribution in [0.5, 0.6) is 0 Å². The largest absolute Gasteiger partial charge is 0.358 e. The summed E-state index contributed by atoms with van der Waals surface area (Å²) in [6.07, 6.45) is 0.668. The van der Waals surface area contributed by atoms with Crippen molar-refractivity contribution < 1.29 is 4.79 Å². The Balaban J connectivity index is 1.90. The summed E-state index contributed by atoms with van der Waals surface area (Å²) in [5.41, 5.74) is 3.81. The number of aryl methyl sites for hydroxylation is 1. The summed E-state index contributed by atoms with van der Waals surface area (Å²) in [6, 6.07) is 15.7. The number of amides is 1. The van der Waals surface area contributed by atoms with Crippen molar-refractivity contribution in [2.45, 2.75) is 13.5 Å². The molecule has 5 heteroatoms. The predicted molar refractivity (Wildman–Crippen MR) is 90.4 cm³/mol. The van der Waals surface area contributed by atoms with Gasteiger partial charge in [-0.2, -0.15) is 0 Å². The smallest absolute Gasteiger partial charge is 0.211 e. The van der Waals surface area contributed by atoms with Crippen molar-refractivity contribution >= 4 is 35.1 Å². The third kappa shape index (κ3) is 4.57. The van der Waals surface area contributed by atoms with Crippen LogP contribution in [0.4, 0.5) is 11.4 Å². The highest BCUT2D eigenvalue weighted by Crippen LogP contribution is 2.19. The maximum Gasteiger partial charge on any atom is 0.211 e. The second kappa shape index (κ2) is 7.40. The van der Waals surface area contributed by atoms with Crippen LogP contribution in [0.3, 0.4) is 0 Å². The average molecular weight is 299 g/mol. The maximum absolute atomic E-state index is 10.5. The molecule has 0 spiro atoms. The first kappa shape index (κ1) is 15.0. The van der Waals surface area contributed by atoms with Crippen LogP contribution in [-0.2, 0) is 11.3 Å². The Morgan fingerprint density at radius 3 is 2.62 bits per heavy atom. The molecular weight excluding hydrogens is 282 g/mol. The van der Waals surface area contributed by atoms with E-state index in [0.717, 1.165) is 16.9 Å². The first-order valence-corrected chi connectivity index (χ1v) is 6.99. The Morgan fingerprint density at radius 1 is 1.19 bits per heavy atom. The quantitative estimate of drug-likeness (QED) is 0.587. The Labute approximate surface area is 129 Å². The molecule has 2 aromatic rings. The zero-order valence-corrected chi connectivity index (χ0v) is 12.5. The Bertz CT molecular complexity index is 629. The molecular formula is C16H17N3OS. The molecule has 2 aromatic carbocycles. The molecule has 0 fully saturated rings. The number of carbonyl (C=O) groups excluding carboxylic acids is 1. The first-order chi connectivity index (χ1) is 10.2. The van der Waals surface area contributed by atoms with Crippen LogP contribution in [0.25, 0.3) is 0 Å². The number of hydrogen-bond acceptors (Lipinski definition) is 2. The molecule has 0 saturated carbocycles. The van der Waals surface area contributed by atoms with E-state index in [0.29, 0.717) is 18.1 Å². The second-order valence-electron chi connectivity index (χ2n) is 4.59. The highest BCUT2D eigenvalue weighted by Gasteiger charge is 2.01. The Morgan fingerprint density at radius 2 is 1.95 bits per heavy atom. The highest BCUT2D eigenvalue weighted by atomic mass is 32.1. The van der Waals surface area contributed by atoms with Crippen molar-refractivity contribution in [3.63, 3.8) is 0 Å². The second-order valence-corrected chi connectivity index (χ2v) is 4.99. The van der Waals surface area contributed by atoms with Gasteiger partial charge in [0.05, 0.1) is 0 Å². The van der Waals surface area contributed by atoms with Crippen molar-refractivity contribution in [2.75, 3.05) is 10.6 Å². The third-order valence-electron chi connectivity index (χ3n) is 2.99. The maximum atomic E-state index is 10.5. The summed E-state index contributed by atoms with van der Waals surface area (Å²) in [7, 11) is 0. The molecule has 0 unspecified atom stereocenters. The molecule has 0 aliphatic heterocycles. The fourth-order valence-electron chi connectivity index (χ4n) is 1.92. The van der Waals surface area contributed by atoms with Gasteiger partial charge in [-0.15, -0.1) is 0 Å². The minimum atomic E-state index is 0.564. The lowest BCUT2D eigenvalue weighted by Gasteiger charge is -2.12. The molecule has 4 nitrogen and oxygen atoms in total. The first-order valence-electron chi connectivity index (χ1n) is 6.58. The normalized spacial score (nSPS) is 9.76. The number of hydrogen-bond donors (Lipinski definition) is 3. The van der Waals surface area contributed by atoms with Crippen LogP contribution < -0.4 is 16.0 Å². The molecule has 0 aromatic heterocycles. The molecule has 108 valence electrons. The van der Waals surface area contributed by atoms with Gasteiger partial charge in [0.25, 0.3) is 0 Å². The van der Waals surface area contributed by atoms with Crippen LogP contribution in [0.1, 0.15) is 11.1 Å². The zero-order valence-electron chi connectivity index (χ0n) is 11.7. The summed E-state index contributed by atoms with van der Waals surface area (Å²) in [5, 5.41) is 9.49. The number of carbonyl (C=O) groups is 1. The standard InChI is InChI=1S/C16H17N3OS/c1-12-9-14(7-8-15(12)18-11-20)19-16(21)17-10-13-5-3-2-4-6-13/h2-9,11H,10H2,1H3,(H,18,20)(H2,17,19,21). The predicted octanol–water partition coefficient (Wildman–Crippen LogP) is 3.05. The molecule has 0 aliphatic rings. The van der Waals surface area contributed by atoms with Gasteiger partial charge in [0.15, 0.2) is 5.11 Å². The fourth-order valence-corrected chi connectivity index (χ4v) is 2.11. The third-order valence-corrected chi connectivity index (χ3v) is 3.24. The number of benzene rings is 2. The number of thiocarbonyl (C=S) groups is 1. The molecule has 0 aliphatic carbocycles. The van der Waals surface area contributed by atoms with Gasteiger partial charge in [-0.25, -0.2) is 0 Å².